The van der Waals surface area contributed by atoms with Gasteiger partial charge in [-0.15, -0.1) is 23.2 Å². The molecular formula is C15H19Cl2NO. The third-order valence-corrected chi connectivity index (χ3v) is 5.01. The third kappa shape index (κ3) is 2.90. The van der Waals surface area contributed by atoms with Crippen LogP contribution in [0.5, 0.6) is 0 Å². The van der Waals surface area contributed by atoms with Gasteiger partial charge < -0.3 is 4.90 Å². The summed E-state index contributed by atoms with van der Waals surface area (Å²) in [6.07, 6.45) is 1.40. The van der Waals surface area contributed by atoms with E-state index in [1.54, 1.807) is 0 Å². The maximum Gasteiger partial charge on any atom is 0.231 e. The topological polar surface area (TPSA) is 20.3 Å². The molecule has 4 heteroatoms. The van der Waals surface area contributed by atoms with Gasteiger partial charge in [-0.05, 0) is 32.3 Å². The van der Waals surface area contributed by atoms with Crippen molar-refractivity contribution in [2.24, 2.45) is 5.41 Å². The monoisotopic (exact) mass is 299 g/mol. The molecule has 1 fully saturated rings. The highest BCUT2D eigenvalue weighted by atomic mass is 35.5. The minimum absolute atomic E-state index is 0.0657. The minimum atomic E-state index is -0.885. The Morgan fingerprint density at radius 2 is 1.89 bits per heavy atom. The van der Waals surface area contributed by atoms with Crippen LogP contribution in [0.15, 0.2) is 30.3 Å². The first kappa shape index (κ1) is 14.7. The highest BCUT2D eigenvalue weighted by molar-refractivity contribution is 6.53. The molecule has 0 aromatic heterocycles. The number of nitrogens with zero attached hydrogens (tertiary/aromatic N) is 1. The van der Waals surface area contributed by atoms with Crippen LogP contribution in [-0.2, 0) is 11.2 Å². The molecule has 0 saturated heterocycles. The minimum Gasteiger partial charge on any atom is -0.342 e. The molecule has 0 heterocycles. The number of benzene rings is 1. The molecule has 1 atom stereocenters. The quantitative estimate of drug-likeness (QED) is 0.760. The zero-order valence-corrected chi connectivity index (χ0v) is 12.8. The molecule has 1 saturated carbocycles. The molecular weight excluding hydrogens is 281 g/mol. The molecule has 1 unspecified atom stereocenters. The Morgan fingerprint density at radius 3 is 2.37 bits per heavy atom. The number of amides is 1. The smallest absolute Gasteiger partial charge is 0.231 e. The summed E-state index contributed by atoms with van der Waals surface area (Å²) in [5.41, 5.74) is 0.626. The van der Waals surface area contributed by atoms with Crippen molar-refractivity contribution in [2.75, 3.05) is 13.1 Å². The molecule has 0 radical (unpaired) electrons. The van der Waals surface area contributed by atoms with Crippen molar-refractivity contribution in [1.29, 1.82) is 0 Å². The van der Waals surface area contributed by atoms with E-state index in [1.165, 1.54) is 5.56 Å². The lowest BCUT2D eigenvalue weighted by Crippen LogP contribution is -2.39. The van der Waals surface area contributed by atoms with Crippen LogP contribution in [0.4, 0.5) is 0 Å². The van der Waals surface area contributed by atoms with Crippen LogP contribution >= 0.6 is 23.2 Å². The van der Waals surface area contributed by atoms with Crippen molar-refractivity contribution >= 4 is 29.1 Å². The van der Waals surface area contributed by atoms with E-state index < -0.39 is 9.75 Å². The highest BCUT2D eigenvalue weighted by Gasteiger charge is 2.68. The van der Waals surface area contributed by atoms with Gasteiger partial charge in [0, 0.05) is 13.1 Å². The van der Waals surface area contributed by atoms with Crippen molar-refractivity contribution in [3.05, 3.63) is 35.9 Å². The van der Waals surface area contributed by atoms with Crippen molar-refractivity contribution in [1.82, 2.24) is 4.90 Å². The lowest BCUT2D eigenvalue weighted by atomic mass is 10.1. The average molecular weight is 300 g/mol. The summed E-state index contributed by atoms with van der Waals surface area (Å²) in [5, 5.41) is 0. The summed E-state index contributed by atoms with van der Waals surface area (Å²) in [4.78, 5) is 14.3. The number of hydrogen-bond acceptors (Lipinski definition) is 1. The molecule has 104 valence electrons. The number of carbonyl (C=O) groups is 1. The first-order chi connectivity index (χ1) is 8.90. The lowest BCUT2D eigenvalue weighted by Gasteiger charge is -2.25. The molecule has 2 rings (SSSR count). The van der Waals surface area contributed by atoms with Crippen LogP contribution in [0, 0.1) is 5.41 Å². The Morgan fingerprint density at radius 1 is 1.32 bits per heavy atom. The second-order valence-electron chi connectivity index (χ2n) is 5.33. The van der Waals surface area contributed by atoms with Crippen LogP contribution in [0.3, 0.4) is 0 Å². The normalized spacial score (nSPS) is 24.0. The average Bonchev–Trinajstić information content (AvgIpc) is 2.91. The number of carbonyl (C=O) groups excluding carboxylic acids is 1. The fourth-order valence-corrected chi connectivity index (χ4v) is 2.99. The largest absolute Gasteiger partial charge is 0.342 e. The molecule has 0 N–H and O–H groups in total. The van der Waals surface area contributed by atoms with Gasteiger partial charge in [0.25, 0.3) is 0 Å². The zero-order valence-electron chi connectivity index (χ0n) is 11.3. The summed E-state index contributed by atoms with van der Waals surface area (Å²) < 4.78 is -0.885. The SMILES string of the molecule is CCN(CCc1ccccc1)C(=O)C1(C)CC1(Cl)Cl. The van der Waals surface area contributed by atoms with Gasteiger partial charge in [0.2, 0.25) is 5.91 Å². The molecule has 1 aromatic rings. The first-order valence-corrected chi connectivity index (χ1v) is 7.37. The van der Waals surface area contributed by atoms with E-state index in [0.29, 0.717) is 19.5 Å². The molecule has 2 nitrogen and oxygen atoms in total. The molecule has 1 amide bonds. The molecule has 0 aliphatic heterocycles. The van der Waals surface area contributed by atoms with Crippen LogP contribution < -0.4 is 0 Å². The number of halogens is 2. The Bertz CT molecular complexity index is 460. The van der Waals surface area contributed by atoms with Crippen molar-refractivity contribution in [2.45, 2.75) is 31.0 Å². The van der Waals surface area contributed by atoms with Gasteiger partial charge in [-0.25, -0.2) is 0 Å². The summed E-state index contributed by atoms with van der Waals surface area (Å²) >= 11 is 12.2. The van der Waals surface area contributed by atoms with Crippen LogP contribution in [0.25, 0.3) is 0 Å². The summed E-state index contributed by atoms with van der Waals surface area (Å²) in [6.45, 7) is 5.23. The maximum atomic E-state index is 12.5. The number of hydrogen-bond donors (Lipinski definition) is 0. The van der Waals surface area contributed by atoms with Gasteiger partial charge in [0.1, 0.15) is 4.33 Å². The fraction of sp³-hybridized carbons (Fsp3) is 0.533. The number of alkyl halides is 2. The number of likely N-dealkylation sites (N-methyl/N-ethyl adjacent to an activating group) is 1. The van der Waals surface area contributed by atoms with E-state index >= 15 is 0 Å². The van der Waals surface area contributed by atoms with E-state index in [0.717, 1.165) is 6.42 Å². The van der Waals surface area contributed by atoms with Gasteiger partial charge in [-0.2, -0.15) is 0 Å². The lowest BCUT2D eigenvalue weighted by molar-refractivity contribution is -0.136. The summed E-state index contributed by atoms with van der Waals surface area (Å²) in [5.74, 6) is 0.0657. The summed E-state index contributed by atoms with van der Waals surface area (Å²) in [7, 11) is 0. The summed E-state index contributed by atoms with van der Waals surface area (Å²) in [6, 6.07) is 10.2. The molecule has 1 aliphatic rings. The predicted molar refractivity (Wildman–Crippen MR) is 79.6 cm³/mol. The van der Waals surface area contributed by atoms with E-state index in [-0.39, 0.29) is 5.91 Å². The highest BCUT2D eigenvalue weighted by Crippen LogP contribution is 2.64. The van der Waals surface area contributed by atoms with Gasteiger partial charge in [0.15, 0.2) is 0 Å². The second kappa shape index (κ2) is 5.34. The Balaban J connectivity index is 1.96. The number of rotatable bonds is 5. The standard InChI is InChI=1S/C15H19Cl2NO/c1-3-18(10-9-12-7-5-4-6-8-12)13(19)14(2)11-15(14,16)17/h4-8H,3,9-11H2,1-2H3. The van der Waals surface area contributed by atoms with Crippen LogP contribution in [0.2, 0.25) is 0 Å². The van der Waals surface area contributed by atoms with E-state index in [2.05, 4.69) is 12.1 Å². The predicted octanol–water partition coefficient (Wildman–Crippen LogP) is 3.66. The van der Waals surface area contributed by atoms with E-state index in [4.69, 9.17) is 23.2 Å². The molecule has 0 bridgehead atoms. The third-order valence-electron chi connectivity index (χ3n) is 3.91. The van der Waals surface area contributed by atoms with Crippen molar-refractivity contribution in [3.63, 3.8) is 0 Å². The first-order valence-electron chi connectivity index (χ1n) is 6.62. The maximum absolute atomic E-state index is 12.5. The fourth-order valence-electron chi connectivity index (χ4n) is 2.29. The zero-order chi connectivity index (χ0) is 14.1. The van der Waals surface area contributed by atoms with Crippen LogP contribution in [0.1, 0.15) is 25.8 Å². The van der Waals surface area contributed by atoms with Crippen molar-refractivity contribution < 1.29 is 4.79 Å². The Labute approximate surface area is 124 Å². The second-order valence-corrected chi connectivity index (χ2v) is 6.82. The van der Waals surface area contributed by atoms with Gasteiger partial charge in [-0.1, -0.05) is 30.3 Å². The van der Waals surface area contributed by atoms with Gasteiger partial charge in [0.05, 0.1) is 5.41 Å². The Kier molecular flexibility index (Phi) is 4.12. The molecule has 1 aromatic carbocycles. The van der Waals surface area contributed by atoms with Crippen molar-refractivity contribution in [3.8, 4) is 0 Å². The van der Waals surface area contributed by atoms with E-state index in [9.17, 15) is 4.79 Å². The van der Waals surface area contributed by atoms with Crippen LogP contribution in [-0.4, -0.2) is 28.2 Å². The van der Waals surface area contributed by atoms with Gasteiger partial charge >= 0.3 is 0 Å². The molecule has 1 aliphatic carbocycles. The van der Waals surface area contributed by atoms with E-state index in [1.807, 2.05) is 36.9 Å². The Hall–Kier alpha value is -0.730. The van der Waals surface area contributed by atoms with Gasteiger partial charge in [-0.3, -0.25) is 4.79 Å². The molecule has 0 spiro atoms. The molecule has 19 heavy (non-hydrogen) atoms.